The van der Waals surface area contributed by atoms with Gasteiger partial charge in [0.2, 0.25) is 0 Å². The highest BCUT2D eigenvalue weighted by atomic mass is 19.4. The molecule has 0 aromatic heterocycles. The van der Waals surface area contributed by atoms with E-state index < -0.39 is 12.1 Å². The number of nitrogens with zero attached hydrogens (tertiary/aromatic N) is 1. The van der Waals surface area contributed by atoms with E-state index >= 15 is 0 Å². The minimum Gasteiger partial charge on any atom is -0.497 e. The molecule has 0 atom stereocenters. The number of ether oxygens (including phenoxy) is 3. The third-order valence-corrected chi connectivity index (χ3v) is 3.29. The highest BCUT2D eigenvalue weighted by Gasteiger charge is 2.32. The molecular formula is C17H18F3N3O3. The van der Waals surface area contributed by atoms with Gasteiger partial charge in [-0.3, -0.25) is 0 Å². The second-order valence-corrected chi connectivity index (χ2v) is 5.05. The molecule has 2 rings (SSSR count). The molecule has 0 aliphatic heterocycles. The summed E-state index contributed by atoms with van der Waals surface area (Å²) in [7, 11) is 3.04. The molecule has 9 heteroatoms. The Morgan fingerprint density at radius 3 is 2.46 bits per heavy atom. The molecule has 6 nitrogen and oxygen atoms in total. The van der Waals surface area contributed by atoms with Crippen molar-refractivity contribution in [3.05, 3.63) is 48.0 Å². The number of aliphatic imine (C=N–C) groups is 1. The van der Waals surface area contributed by atoms with Crippen molar-refractivity contribution in [2.24, 2.45) is 10.7 Å². The van der Waals surface area contributed by atoms with E-state index in [0.717, 1.165) is 5.56 Å². The summed E-state index contributed by atoms with van der Waals surface area (Å²) in [5.74, 6) is 0.710. The first-order valence-corrected chi connectivity index (χ1v) is 7.45. The maximum absolute atomic E-state index is 12.4. The number of methoxy groups -OCH3 is 2. The lowest BCUT2D eigenvalue weighted by Crippen LogP contribution is -2.24. The van der Waals surface area contributed by atoms with Crippen LogP contribution in [-0.4, -0.2) is 26.5 Å². The SMILES string of the molecule is COc1ccc(CN=C(N)Nc2ccccc2OC(F)(F)F)c(OC)c1. The summed E-state index contributed by atoms with van der Waals surface area (Å²) in [5.41, 5.74) is 6.55. The van der Waals surface area contributed by atoms with Crippen molar-refractivity contribution >= 4 is 11.6 Å². The molecule has 2 aromatic carbocycles. The summed E-state index contributed by atoms with van der Waals surface area (Å²) in [6.45, 7) is 0.161. The van der Waals surface area contributed by atoms with Gasteiger partial charge in [0.1, 0.15) is 11.5 Å². The van der Waals surface area contributed by atoms with E-state index in [0.29, 0.717) is 11.5 Å². The lowest BCUT2D eigenvalue weighted by Gasteiger charge is -2.14. The van der Waals surface area contributed by atoms with Crippen molar-refractivity contribution in [2.45, 2.75) is 12.9 Å². The molecule has 140 valence electrons. The molecule has 0 heterocycles. The predicted octanol–water partition coefficient (Wildman–Crippen LogP) is 3.53. The first kappa shape index (κ1) is 19.2. The van der Waals surface area contributed by atoms with E-state index in [1.807, 2.05) is 0 Å². The molecule has 0 saturated heterocycles. The van der Waals surface area contributed by atoms with E-state index in [4.69, 9.17) is 15.2 Å². The van der Waals surface area contributed by atoms with Crippen LogP contribution in [0.25, 0.3) is 0 Å². The summed E-state index contributed by atoms with van der Waals surface area (Å²) >= 11 is 0. The molecule has 0 spiro atoms. The number of anilines is 1. The molecule has 3 N–H and O–H groups in total. The first-order chi connectivity index (χ1) is 12.3. The zero-order valence-electron chi connectivity index (χ0n) is 14.1. The fourth-order valence-electron chi connectivity index (χ4n) is 2.11. The van der Waals surface area contributed by atoms with Crippen LogP contribution in [0.15, 0.2) is 47.5 Å². The van der Waals surface area contributed by atoms with E-state index in [-0.39, 0.29) is 18.2 Å². The number of halogens is 3. The lowest BCUT2D eigenvalue weighted by atomic mass is 10.2. The Kier molecular flexibility index (Phi) is 6.16. The smallest absolute Gasteiger partial charge is 0.497 e. The predicted molar refractivity (Wildman–Crippen MR) is 91.6 cm³/mol. The van der Waals surface area contributed by atoms with Crippen LogP contribution in [0.1, 0.15) is 5.56 Å². The van der Waals surface area contributed by atoms with Gasteiger partial charge >= 0.3 is 6.36 Å². The van der Waals surface area contributed by atoms with Crippen molar-refractivity contribution in [1.82, 2.24) is 0 Å². The summed E-state index contributed by atoms with van der Waals surface area (Å²) in [4.78, 5) is 4.12. The Hall–Kier alpha value is -3.10. The Morgan fingerprint density at radius 1 is 1.08 bits per heavy atom. The number of nitrogens with two attached hydrogens (primary N) is 1. The third-order valence-electron chi connectivity index (χ3n) is 3.29. The van der Waals surface area contributed by atoms with E-state index in [2.05, 4.69) is 15.0 Å². The van der Waals surface area contributed by atoms with Gasteiger partial charge < -0.3 is 25.3 Å². The maximum Gasteiger partial charge on any atom is 0.573 e. The molecule has 0 radical (unpaired) electrons. The van der Waals surface area contributed by atoms with E-state index in [9.17, 15) is 13.2 Å². The van der Waals surface area contributed by atoms with Gasteiger partial charge in [0.05, 0.1) is 26.5 Å². The number of hydrogen-bond donors (Lipinski definition) is 2. The molecule has 0 aliphatic carbocycles. The molecule has 0 unspecified atom stereocenters. The van der Waals surface area contributed by atoms with Crippen LogP contribution in [-0.2, 0) is 6.54 Å². The molecule has 0 saturated carbocycles. The van der Waals surface area contributed by atoms with Gasteiger partial charge in [-0.2, -0.15) is 0 Å². The zero-order chi connectivity index (χ0) is 19.2. The molecule has 2 aromatic rings. The van der Waals surface area contributed by atoms with Gasteiger partial charge in [-0.1, -0.05) is 12.1 Å². The van der Waals surface area contributed by atoms with Crippen LogP contribution < -0.4 is 25.3 Å². The van der Waals surface area contributed by atoms with E-state index in [1.165, 1.54) is 32.4 Å². The molecular weight excluding hydrogens is 351 g/mol. The fraction of sp³-hybridized carbons (Fsp3) is 0.235. The second kappa shape index (κ2) is 8.32. The Bertz CT molecular complexity index is 779. The average Bonchev–Trinajstić information content (AvgIpc) is 2.60. The van der Waals surface area contributed by atoms with Gasteiger partial charge in [-0.25, -0.2) is 4.99 Å². The highest BCUT2D eigenvalue weighted by Crippen LogP contribution is 2.30. The van der Waals surface area contributed by atoms with Crippen molar-refractivity contribution in [2.75, 3.05) is 19.5 Å². The quantitative estimate of drug-likeness (QED) is 0.602. The summed E-state index contributed by atoms with van der Waals surface area (Å²) < 4.78 is 51.6. The topological polar surface area (TPSA) is 78.1 Å². The van der Waals surface area contributed by atoms with Crippen LogP contribution in [0, 0.1) is 0 Å². The molecule has 0 amide bonds. The Morgan fingerprint density at radius 2 is 1.81 bits per heavy atom. The van der Waals surface area contributed by atoms with Crippen molar-refractivity contribution in [3.63, 3.8) is 0 Å². The van der Waals surface area contributed by atoms with Crippen molar-refractivity contribution in [3.8, 4) is 17.2 Å². The van der Waals surface area contributed by atoms with Gasteiger partial charge in [0.25, 0.3) is 0 Å². The maximum atomic E-state index is 12.4. The van der Waals surface area contributed by atoms with Gasteiger partial charge in [0.15, 0.2) is 11.7 Å². The zero-order valence-corrected chi connectivity index (χ0v) is 14.1. The summed E-state index contributed by atoms with van der Waals surface area (Å²) in [6, 6.07) is 10.7. The van der Waals surface area contributed by atoms with Gasteiger partial charge in [-0.15, -0.1) is 13.2 Å². The van der Waals surface area contributed by atoms with E-state index in [1.54, 1.807) is 24.3 Å². The lowest BCUT2D eigenvalue weighted by molar-refractivity contribution is -0.274. The first-order valence-electron chi connectivity index (χ1n) is 7.45. The summed E-state index contributed by atoms with van der Waals surface area (Å²) in [6.07, 6.45) is -4.81. The number of rotatable bonds is 6. The number of guanidine groups is 1. The summed E-state index contributed by atoms with van der Waals surface area (Å²) in [5, 5.41) is 2.60. The Balaban J connectivity index is 2.12. The van der Waals surface area contributed by atoms with Gasteiger partial charge in [0, 0.05) is 11.6 Å². The minimum absolute atomic E-state index is 0.0489. The highest BCUT2D eigenvalue weighted by molar-refractivity contribution is 5.93. The average molecular weight is 369 g/mol. The van der Waals surface area contributed by atoms with Crippen LogP contribution in [0.4, 0.5) is 18.9 Å². The van der Waals surface area contributed by atoms with Crippen LogP contribution in [0.3, 0.4) is 0 Å². The second-order valence-electron chi connectivity index (χ2n) is 5.05. The largest absolute Gasteiger partial charge is 0.573 e. The number of benzene rings is 2. The molecule has 0 bridgehead atoms. The van der Waals surface area contributed by atoms with Gasteiger partial charge in [-0.05, 0) is 24.3 Å². The minimum atomic E-state index is -4.81. The number of nitrogens with one attached hydrogen (secondary N) is 1. The van der Waals surface area contributed by atoms with Crippen LogP contribution in [0.2, 0.25) is 0 Å². The molecule has 26 heavy (non-hydrogen) atoms. The monoisotopic (exact) mass is 369 g/mol. The van der Waals surface area contributed by atoms with Crippen molar-refractivity contribution < 1.29 is 27.4 Å². The molecule has 0 fully saturated rings. The third kappa shape index (κ3) is 5.47. The van der Waals surface area contributed by atoms with Crippen LogP contribution >= 0.6 is 0 Å². The standard InChI is InChI=1S/C17H18F3N3O3/c1-24-12-8-7-11(15(9-12)25-2)10-22-16(21)23-13-5-3-4-6-14(13)26-17(18,19)20/h3-9H,10H2,1-2H3,(H3,21,22,23). The number of para-hydroxylation sites is 2. The van der Waals surface area contributed by atoms with Crippen molar-refractivity contribution in [1.29, 1.82) is 0 Å². The number of alkyl halides is 3. The fourth-order valence-corrected chi connectivity index (χ4v) is 2.11. The normalized spacial score (nSPS) is 11.8. The molecule has 0 aliphatic rings. The number of hydrogen-bond acceptors (Lipinski definition) is 4. The van der Waals surface area contributed by atoms with Crippen LogP contribution in [0.5, 0.6) is 17.2 Å². The Labute approximate surface area is 148 Å².